The summed E-state index contributed by atoms with van der Waals surface area (Å²) in [6, 6.07) is 12.3. The van der Waals surface area contributed by atoms with E-state index in [1.165, 1.54) is 6.92 Å². The maximum absolute atomic E-state index is 12.3. The van der Waals surface area contributed by atoms with Gasteiger partial charge in [0.05, 0.1) is 5.56 Å². The first kappa shape index (κ1) is 14.1. The molecule has 1 heterocycles. The third kappa shape index (κ3) is 2.65. The Hall–Kier alpha value is -2.82. The summed E-state index contributed by atoms with van der Waals surface area (Å²) in [5.74, 6) is 0.906. The maximum Gasteiger partial charge on any atom is 0.252 e. The van der Waals surface area contributed by atoms with Gasteiger partial charge in [0, 0.05) is 17.7 Å². The second-order valence-corrected chi connectivity index (χ2v) is 4.94. The number of para-hydroxylation sites is 1. The Bertz CT molecular complexity index is 739. The first-order valence-electron chi connectivity index (χ1n) is 6.92. The minimum absolute atomic E-state index is 0.136. The van der Waals surface area contributed by atoms with E-state index in [9.17, 15) is 9.59 Å². The summed E-state index contributed by atoms with van der Waals surface area (Å²) in [5.41, 5.74) is 1.63. The van der Waals surface area contributed by atoms with E-state index in [-0.39, 0.29) is 18.5 Å². The molecule has 0 fully saturated rings. The van der Waals surface area contributed by atoms with Crippen molar-refractivity contribution < 1.29 is 19.1 Å². The zero-order valence-corrected chi connectivity index (χ0v) is 12.1. The van der Waals surface area contributed by atoms with E-state index in [1.807, 2.05) is 18.2 Å². The highest BCUT2D eigenvalue weighted by Gasteiger charge is 2.18. The van der Waals surface area contributed by atoms with Gasteiger partial charge in [0.1, 0.15) is 0 Å². The molecule has 3 rings (SSSR count). The Morgan fingerprint density at radius 2 is 1.82 bits per heavy atom. The van der Waals surface area contributed by atoms with Crippen molar-refractivity contribution in [2.75, 3.05) is 6.79 Å². The number of carbonyl (C=O) groups excluding carboxylic acids is 2. The monoisotopic (exact) mass is 297 g/mol. The molecule has 0 unspecified atom stereocenters. The quantitative estimate of drug-likeness (QED) is 0.881. The molecule has 5 heteroatoms. The van der Waals surface area contributed by atoms with Gasteiger partial charge < -0.3 is 14.8 Å². The first-order valence-corrected chi connectivity index (χ1v) is 6.92. The third-order valence-electron chi connectivity index (χ3n) is 3.47. The van der Waals surface area contributed by atoms with Crippen molar-refractivity contribution in [3.05, 3.63) is 59.2 Å². The van der Waals surface area contributed by atoms with Gasteiger partial charge in [-0.05, 0) is 19.1 Å². The van der Waals surface area contributed by atoms with Gasteiger partial charge in [0.2, 0.25) is 6.79 Å². The highest BCUT2D eigenvalue weighted by Crippen LogP contribution is 2.35. The van der Waals surface area contributed by atoms with Crippen LogP contribution < -0.4 is 14.8 Å². The van der Waals surface area contributed by atoms with Crippen molar-refractivity contribution in [3.8, 4) is 11.5 Å². The second kappa shape index (κ2) is 5.89. The molecule has 0 saturated carbocycles. The van der Waals surface area contributed by atoms with Gasteiger partial charge in [-0.25, -0.2) is 0 Å². The van der Waals surface area contributed by atoms with Crippen LogP contribution in [0.4, 0.5) is 0 Å². The minimum atomic E-state index is -0.290. The molecule has 5 nitrogen and oxygen atoms in total. The summed E-state index contributed by atoms with van der Waals surface area (Å²) in [7, 11) is 0. The molecule has 0 saturated heterocycles. The smallest absolute Gasteiger partial charge is 0.252 e. The van der Waals surface area contributed by atoms with Crippen molar-refractivity contribution in [1.29, 1.82) is 0 Å². The van der Waals surface area contributed by atoms with Crippen LogP contribution >= 0.6 is 0 Å². The molecule has 1 amide bonds. The lowest BCUT2D eigenvalue weighted by Gasteiger charge is -2.10. The molecule has 1 aliphatic rings. The van der Waals surface area contributed by atoms with E-state index >= 15 is 0 Å². The molecule has 0 spiro atoms. The van der Waals surface area contributed by atoms with Crippen molar-refractivity contribution in [2.24, 2.45) is 0 Å². The molecule has 112 valence electrons. The van der Waals surface area contributed by atoms with Crippen molar-refractivity contribution in [1.82, 2.24) is 5.32 Å². The SMILES string of the molecule is CC(=O)c1ccccc1C(=O)NCc1cccc2c1OCO2. The Balaban J connectivity index is 1.77. The molecule has 2 aromatic rings. The van der Waals surface area contributed by atoms with E-state index in [0.29, 0.717) is 29.2 Å². The van der Waals surface area contributed by atoms with Crippen LogP contribution in [0.25, 0.3) is 0 Å². The lowest BCUT2D eigenvalue weighted by atomic mass is 10.0. The molecule has 0 radical (unpaired) electrons. The Morgan fingerprint density at radius 1 is 1.05 bits per heavy atom. The van der Waals surface area contributed by atoms with E-state index < -0.39 is 0 Å². The summed E-state index contributed by atoms with van der Waals surface area (Å²) in [5, 5.41) is 2.81. The van der Waals surface area contributed by atoms with Gasteiger partial charge in [0.25, 0.3) is 5.91 Å². The highest BCUT2D eigenvalue weighted by atomic mass is 16.7. The zero-order valence-electron chi connectivity index (χ0n) is 12.1. The predicted molar refractivity (Wildman–Crippen MR) is 80.2 cm³/mol. The summed E-state index contributed by atoms with van der Waals surface area (Å²) < 4.78 is 10.7. The van der Waals surface area contributed by atoms with Crippen LogP contribution in [0.3, 0.4) is 0 Å². The number of Topliss-reactive ketones (excluding diaryl/α,β-unsaturated/α-hetero) is 1. The molecule has 0 aliphatic carbocycles. The largest absolute Gasteiger partial charge is 0.454 e. The van der Waals surface area contributed by atoms with E-state index in [2.05, 4.69) is 5.32 Å². The fourth-order valence-corrected chi connectivity index (χ4v) is 2.39. The Labute approximate surface area is 127 Å². The lowest BCUT2D eigenvalue weighted by Crippen LogP contribution is -2.24. The predicted octanol–water partition coefficient (Wildman–Crippen LogP) is 2.55. The lowest BCUT2D eigenvalue weighted by molar-refractivity contribution is 0.0936. The molecule has 0 atom stereocenters. The number of amides is 1. The third-order valence-corrected chi connectivity index (χ3v) is 3.47. The molecular weight excluding hydrogens is 282 g/mol. The number of ketones is 1. The first-order chi connectivity index (χ1) is 10.7. The number of fused-ring (bicyclic) bond motifs is 1. The van der Waals surface area contributed by atoms with E-state index in [0.717, 1.165) is 5.56 Å². The number of benzene rings is 2. The second-order valence-electron chi connectivity index (χ2n) is 4.94. The Kier molecular flexibility index (Phi) is 3.78. The van der Waals surface area contributed by atoms with Gasteiger partial charge in [0.15, 0.2) is 17.3 Å². The standard InChI is InChI=1S/C17H15NO4/c1-11(19)13-6-2-3-7-14(13)17(20)18-9-12-5-4-8-15-16(12)22-10-21-15/h2-8H,9-10H2,1H3,(H,18,20). The minimum Gasteiger partial charge on any atom is -0.454 e. The van der Waals surface area contributed by atoms with Crippen LogP contribution in [0.5, 0.6) is 11.5 Å². The fourth-order valence-electron chi connectivity index (χ4n) is 2.39. The van der Waals surface area contributed by atoms with Crippen molar-refractivity contribution in [3.63, 3.8) is 0 Å². The molecule has 0 bridgehead atoms. The molecule has 1 N–H and O–H groups in total. The number of hydrogen-bond acceptors (Lipinski definition) is 4. The van der Waals surface area contributed by atoms with Crippen LogP contribution in [-0.2, 0) is 6.54 Å². The fraction of sp³-hybridized carbons (Fsp3) is 0.176. The molecule has 22 heavy (non-hydrogen) atoms. The number of nitrogens with one attached hydrogen (secondary N) is 1. The van der Waals surface area contributed by atoms with Gasteiger partial charge in [-0.3, -0.25) is 9.59 Å². The molecular formula is C17H15NO4. The van der Waals surface area contributed by atoms with Crippen LogP contribution in [-0.4, -0.2) is 18.5 Å². The Morgan fingerprint density at radius 3 is 2.59 bits per heavy atom. The van der Waals surface area contributed by atoms with Gasteiger partial charge >= 0.3 is 0 Å². The van der Waals surface area contributed by atoms with Crippen LogP contribution in [0.1, 0.15) is 33.2 Å². The molecule has 1 aliphatic heterocycles. The van der Waals surface area contributed by atoms with Crippen molar-refractivity contribution >= 4 is 11.7 Å². The summed E-state index contributed by atoms with van der Waals surface area (Å²) in [6.07, 6.45) is 0. The molecule has 2 aromatic carbocycles. The summed E-state index contributed by atoms with van der Waals surface area (Å²) in [6.45, 7) is 1.94. The van der Waals surface area contributed by atoms with Gasteiger partial charge in [-0.15, -0.1) is 0 Å². The maximum atomic E-state index is 12.3. The van der Waals surface area contributed by atoms with Crippen molar-refractivity contribution in [2.45, 2.75) is 13.5 Å². The average Bonchev–Trinajstić information content (AvgIpc) is 3.01. The average molecular weight is 297 g/mol. The number of rotatable bonds is 4. The summed E-state index contributed by atoms with van der Waals surface area (Å²) >= 11 is 0. The number of ether oxygens (including phenoxy) is 2. The van der Waals surface area contributed by atoms with E-state index in [1.54, 1.807) is 24.3 Å². The zero-order chi connectivity index (χ0) is 15.5. The number of hydrogen-bond donors (Lipinski definition) is 1. The van der Waals surface area contributed by atoms with Crippen LogP contribution in [0.15, 0.2) is 42.5 Å². The van der Waals surface area contributed by atoms with Gasteiger partial charge in [-0.2, -0.15) is 0 Å². The topological polar surface area (TPSA) is 64.6 Å². The van der Waals surface area contributed by atoms with Gasteiger partial charge in [-0.1, -0.05) is 30.3 Å². The summed E-state index contributed by atoms with van der Waals surface area (Å²) in [4.78, 5) is 23.9. The van der Waals surface area contributed by atoms with Crippen LogP contribution in [0, 0.1) is 0 Å². The van der Waals surface area contributed by atoms with Crippen LogP contribution in [0.2, 0.25) is 0 Å². The highest BCUT2D eigenvalue weighted by molar-refractivity contribution is 6.07. The molecule has 0 aromatic heterocycles. The number of carbonyl (C=O) groups is 2. The van der Waals surface area contributed by atoms with E-state index in [4.69, 9.17) is 9.47 Å². The normalized spacial score (nSPS) is 12.0.